The fourth-order valence-electron chi connectivity index (χ4n) is 3.55. The lowest BCUT2D eigenvalue weighted by molar-refractivity contribution is -0.382. The van der Waals surface area contributed by atoms with Gasteiger partial charge in [0.1, 0.15) is 0 Å². The summed E-state index contributed by atoms with van der Waals surface area (Å²) in [4.78, 5) is 28.0. The van der Waals surface area contributed by atoms with Gasteiger partial charge >= 0.3 is 5.00 Å². The van der Waals surface area contributed by atoms with Crippen LogP contribution in [0.4, 0.5) is 5.00 Å². The zero-order chi connectivity index (χ0) is 16.9. The molecule has 0 atom stereocenters. The third-order valence-corrected chi connectivity index (χ3v) is 6.91. The van der Waals surface area contributed by atoms with E-state index >= 15 is 0 Å². The highest BCUT2D eigenvalue weighted by molar-refractivity contribution is 8.00. The summed E-state index contributed by atoms with van der Waals surface area (Å²) in [5.41, 5.74) is 0. The molecule has 1 saturated heterocycles. The molecule has 3 rings (SSSR count). The molecule has 1 saturated carbocycles. The molecule has 1 amide bonds. The summed E-state index contributed by atoms with van der Waals surface area (Å²) >= 11 is 2.39. The van der Waals surface area contributed by atoms with Crippen LogP contribution >= 0.6 is 23.1 Å². The van der Waals surface area contributed by atoms with Gasteiger partial charge < -0.3 is 4.90 Å². The minimum atomic E-state index is -0.375. The van der Waals surface area contributed by atoms with E-state index < -0.39 is 0 Å². The van der Waals surface area contributed by atoms with Crippen LogP contribution in [0.3, 0.4) is 0 Å². The topological polar surface area (TPSA) is 66.7 Å². The quantitative estimate of drug-likeness (QED) is 0.453. The third-order valence-electron chi connectivity index (χ3n) is 4.88. The van der Waals surface area contributed by atoms with Gasteiger partial charge in [-0.2, -0.15) is 0 Å². The van der Waals surface area contributed by atoms with E-state index in [0.717, 1.165) is 37.5 Å². The van der Waals surface area contributed by atoms with Crippen LogP contribution in [0.15, 0.2) is 16.3 Å². The molecule has 6 nitrogen and oxygen atoms in total. The van der Waals surface area contributed by atoms with Crippen LogP contribution in [0.1, 0.15) is 32.1 Å². The Morgan fingerprint density at radius 1 is 1.25 bits per heavy atom. The number of nitrogens with zero attached hydrogens (tertiary/aromatic N) is 3. The average molecular weight is 370 g/mol. The van der Waals surface area contributed by atoms with E-state index in [1.807, 2.05) is 4.90 Å². The molecule has 2 fully saturated rings. The van der Waals surface area contributed by atoms with Crippen molar-refractivity contribution in [2.45, 2.75) is 43.0 Å². The molecule has 0 aromatic carbocycles. The smallest absolute Gasteiger partial charge is 0.337 e. The molecule has 0 bridgehead atoms. The van der Waals surface area contributed by atoms with Gasteiger partial charge in [-0.1, -0.05) is 30.6 Å². The van der Waals surface area contributed by atoms with Crippen molar-refractivity contribution in [1.82, 2.24) is 9.80 Å². The number of amides is 1. The Kier molecular flexibility index (Phi) is 6.13. The summed E-state index contributed by atoms with van der Waals surface area (Å²) in [7, 11) is 0. The number of nitro groups is 1. The van der Waals surface area contributed by atoms with Crippen LogP contribution in [0, 0.1) is 10.1 Å². The molecule has 8 heteroatoms. The number of carbonyl (C=O) groups is 1. The van der Waals surface area contributed by atoms with Gasteiger partial charge in [0.25, 0.3) is 0 Å². The lowest BCUT2D eigenvalue weighted by atomic mass is 9.94. The van der Waals surface area contributed by atoms with Gasteiger partial charge in [0.05, 0.1) is 15.6 Å². The van der Waals surface area contributed by atoms with Crippen molar-refractivity contribution in [2.24, 2.45) is 0 Å². The van der Waals surface area contributed by atoms with Gasteiger partial charge in [-0.25, -0.2) is 0 Å². The summed E-state index contributed by atoms with van der Waals surface area (Å²) in [5.74, 6) is 0.366. The van der Waals surface area contributed by atoms with Crippen molar-refractivity contribution in [3.05, 3.63) is 21.6 Å². The minimum absolute atomic E-state index is 0.0868. The van der Waals surface area contributed by atoms with Crippen molar-refractivity contribution in [3.63, 3.8) is 0 Å². The number of piperazine rings is 1. The van der Waals surface area contributed by atoms with E-state index in [9.17, 15) is 14.9 Å². The highest BCUT2D eigenvalue weighted by atomic mass is 32.2. The Labute approximate surface area is 150 Å². The highest BCUT2D eigenvalue weighted by Gasteiger charge is 2.27. The van der Waals surface area contributed by atoms with Crippen LogP contribution in [-0.2, 0) is 4.79 Å². The number of hydrogen-bond donors (Lipinski definition) is 0. The van der Waals surface area contributed by atoms with Crippen molar-refractivity contribution in [2.75, 3.05) is 31.9 Å². The van der Waals surface area contributed by atoms with E-state index in [1.54, 1.807) is 11.4 Å². The molecule has 24 heavy (non-hydrogen) atoms. The van der Waals surface area contributed by atoms with E-state index in [4.69, 9.17) is 0 Å². The Balaban J connectivity index is 1.45. The lowest BCUT2D eigenvalue weighted by Crippen LogP contribution is -2.52. The van der Waals surface area contributed by atoms with Crippen LogP contribution in [0.5, 0.6) is 0 Å². The molecule has 0 spiro atoms. The van der Waals surface area contributed by atoms with Gasteiger partial charge in [0.15, 0.2) is 0 Å². The number of rotatable bonds is 5. The molecule has 0 unspecified atom stereocenters. The number of hydrogen-bond acceptors (Lipinski definition) is 6. The van der Waals surface area contributed by atoms with Gasteiger partial charge in [0.2, 0.25) is 5.91 Å². The molecule has 2 heterocycles. The molecular weight excluding hydrogens is 346 g/mol. The maximum Gasteiger partial charge on any atom is 0.337 e. The van der Waals surface area contributed by atoms with Crippen LogP contribution in [-0.4, -0.2) is 58.6 Å². The van der Waals surface area contributed by atoms with Gasteiger partial charge in [-0.15, -0.1) is 11.8 Å². The molecule has 1 aliphatic carbocycles. The summed E-state index contributed by atoms with van der Waals surface area (Å²) in [6.45, 7) is 3.47. The molecule has 1 aromatic rings. The Bertz CT molecular complexity index is 579. The molecule has 1 aromatic heterocycles. The maximum atomic E-state index is 12.4. The first kappa shape index (κ1) is 17.7. The van der Waals surface area contributed by atoms with E-state index in [2.05, 4.69) is 4.90 Å². The van der Waals surface area contributed by atoms with Crippen LogP contribution in [0.25, 0.3) is 0 Å². The Morgan fingerprint density at radius 3 is 2.62 bits per heavy atom. The first-order valence-corrected chi connectivity index (χ1v) is 10.4. The monoisotopic (exact) mass is 369 g/mol. The van der Waals surface area contributed by atoms with Crippen molar-refractivity contribution in [3.8, 4) is 0 Å². The molecule has 0 radical (unpaired) electrons. The second-order valence-electron chi connectivity index (χ2n) is 6.34. The predicted molar refractivity (Wildman–Crippen MR) is 96.7 cm³/mol. The van der Waals surface area contributed by atoms with Crippen molar-refractivity contribution >= 4 is 34.0 Å². The second kappa shape index (κ2) is 8.31. The lowest BCUT2D eigenvalue weighted by Gasteiger charge is -2.40. The minimum Gasteiger partial charge on any atom is -0.339 e. The van der Waals surface area contributed by atoms with E-state index in [-0.39, 0.29) is 21.6 Å². The number of thioether (sulfide) groups is 1. The van der Waals surface area contributed by atoms with Crippen molar-refractivity contribution < 1.29 is 9.72 Å². The Hall–Kier alpha value is -1.12. The third kappa shape index (κ3) is 4.29. The van der Waals surface area contributed by atoms with Gasteiger partial charge in [-0.05, 0) is 24.3 Å². The molecule has 132 valence electrons. The normalized spacial score (nSPS) is 20.2. The zero-order valence-corrected chi connectivity index (χ0v) is 15.3. The van der Waals surface area contributed by atoms with Crippen molar-refractivity contribution in [1.29, 1.82) is 0 Å². The van der Waals surface area contributed by atoms with Gasteiger partial charge in [-0.3, -0.25) is 19.8 Å². The molecule has 0 N–H and O–H groups in total. The number of thiophene rings is 1. The fourth-order valence-corrected chi connectivity index (χ4v) is 5.38. The fraction of sp³-hybridized carbons (Fsp3) is 0.688. The first-order valence-electron chi connectivity index (χ1n) is 8.51. The average Bonchev–Trinajstić information content (AvgIpc) is 3.09. The summed E-state index contributed by atoms with van der Waals surface area (Å²) in [5, 5.41) is 12.8. The molecular formula is C16H23N3O3S2. The number of carbonyl (C=O) groups excluding carboxylic acids is 1. The second-order valence-corrected chi connectivity index (χ2v) is 8.26. The largest absolute Gasteiger partial charge is 0.339 e. The van der Waals surface area contributed by atoms with Crippen LogP contribution in [0.2, 0.25) is 0 Å². The van der Waals surface area contributed by atoms with E-state index in [0.29, 0.717) is 10.9 Å². The zero-order valence-electron chi connectivity index (χ0n) is 13.7. The van der Waals surface area contributed by atoms with Gasteiger partial charge in [0, 0.05) is 32.2 Å². The maximum absolute atomic E-state index is 12.4. The molecule has 1 aliphatic heterocycles. The van der Waals surface area contributed by atoms with E-state index in [1.165, 1.54) is 43.9 Å². The SMILES string of the molecule is O=C(CSc1ccsc1[N+](=O)[O-])N1CCN(C2CCCCC2)CC1. The first-order chi connectivity index (χ1) is 11.6. The summed E-state index contributed by atoms with van der Waals surface area (Å²) in [6, 6.07) is 2.43. The highest BCUT2D eigenvalue weighted by Crippen LogP contribution is 2.34. The summed E-state index contributed by atoms with van der Waals surface area (Å²) < 4.78 is 0. The molecule has 2 aliphatic rings. The predicted octanol–water partition coefficient (Wildman–Crippen LogP) is 3.23. The Morgan fingerprint density at radius 2 is 1.96 bits per heavy atom. The van der Waals surface area contributed by atoms with Crippen LogP contribution < -0.4 is 0 Å². The summed E-state index contributed by atoms with van der Waals surface area (Å²) in [6.07, 6.45) is 6.62. The standard InChI is InChI=1S/C16H23N3O3S2/c20-15(12-24-14-6-11-23-16(14)19(21)22)18-9-7-17(8-10-18)13-4-2-1-3-5-13/h6,11,13H,1-5,7-10,12H2.